The number of fused-ring (bicyclic) bond motifs is 5. The van der Waals surface area contributed by atoms with Gasteiger partial charge in [-0.3, -0.25) is 0 Å². The van der Waals surface area contributed by atoms with Crippen molar-refractivity contribution >= 4 is 49.6 Å². The van der Waals surface area contributed by atoms with Gasteiger partial charge in [0.25, 0.3) is 0 Å². The average Bonchev–Trinajstić information content (AvgIpc) is 3.19. The number of rotatable bonds is 6. The Kier molecular flexibility index (Phi) is 7.33. The molecule has 0 bridgehead atoms. The lowest BCUT2D eigenvalue weighted by molar-refractivity contribution is 0.628. The van der Waals surface area contributed by atoms with Gasteiger partial charge in [0.15, 0.2) is 0 Å². The Bertz CT molecular complexity index is 2620. The zero-order valence-corrected chi connectivity index (χ0v) is 27.0. The molecule has 0 saturated carbocycles. The molecular weight excluding hydrogens is 614 g/mol. The van der Waals surface area contributed by atoms with Gasteiger partial charge in [-0.05, 0) is 81.9 Å². The zero-order valence-electron chi connectivity index (χ0n) is 27.0. The van der Waals surface area contributed by atoms with Crippen molar-refractivity contribution in [2.24, 2.45) is 0 Å². The van der Waals surface area contributed by atoms with Gasteiger partial charge in [0.2, 0.25) is 0 Å². The Morgan fingerprint density at radius 2 is 0.900 bits per heavy atom. The molecule has 8 aromatic carbocycles. The molecule has 0 unspecified atom stereocenters. The minimum Gasteiger partial charge on any atom is -0.310 e. The summed E-state index contributed by atoms with van der Waals surface area (Å²) in [6.07, 6.45) is 0. The van der Waals surface area contributed by atoms with Crippen LogP contribution in [-0.4, -0.2) is 9.97 Å². The van der Waals surface area contributed by atoms with E-state index < -0.39 is 0 Å². The molecule has 0 atom stereocenters. The molecule has 0 saturated heterocycles. The van der Waals surface area contributed by atoms with Crippen LogP contribution in [0.3, 0.4) is 0 Å². The van der Waals surface area contributed by atoms with Crippen LogP contribution in [0.4, 0.5) is 21.5 Å². The van der Waals surface area contributed by atoms with E-state index in [9.17, 15) is 4.39 Å². The topological polar surface area (TPSA) is 29.0 Å². The van der Waals surface area contributed by atoms with E-state index in [-0.39, 0.29) is 5.82 Å². The number of nitrogens with zero attached hydrogens (tertiary/aromatic N) is 3. The summed E-state index contributed by atoms with van der Waals surface area (Å²) in [7, 11) is 0. The molecule has 1 aromatic heterocycles. The Hall–Kier alpha value is -6.65. The van der Waals surface area contributed by atoms with Crippen LogP contribution in [0.1, 0.15) is 0 Å². The molecule has 0 aliphatic rings. The summed E-state index contributed by atoms with van der Waals surface area (Å²) in [5.41, 5.74) is 10.6. The summed E-state index contributed by atoms with van der Waals surface area (Å²) in [6.45, 7) is 0. The normalized spacial score (nSPS) is 11.3. The number of aromatic nitrogens is 2. The quantitative estimate of drug-likeness (QED) is 0.169. The summed E-state index contributed by atoms with van der Waals surface area (Å²) in [5.74, 6) is -0.240. The van der Waals surface area contributed by atoms with Crippen molar-refractivity contribution in [3.8, 4) is 33.6 Å². The molecule has 9 rings (SSSR count). The molecule has 0 fully saturated rings. The molecule has 1 heterocycles. The Morgan fingerprint density at radius 3 is 1.56 bits per heavy atom. The minimum absolute atomic E-state index is 0.240. The van der Waals surface area contributed by atoms with E-state index in [1.165, 1.54) is 12.1 Å². The first-order valence-electron chi connectivity index (χ1n) is 16.7. The first-order chi connectivity index (χ1) is 24.7. The summed E-state index contributed by atoms with van der Waals surface area (Å²) in [6, 6.07) is 61.3. The first kappa shape index (κ1) is 29.5. The van der Waals surface area contributed by atoms with Crippen LogP contribution in [0, 0.1) is 5.82 Å². The second-order valence-corrected chi connectivity index (χ2v) is 12.4. The van der Waals surface area contributed by atoms with Gasteiger partial charge in [-0.2, -0.15) is 0 Å². The number of anilines is 3. The maximum atomic E-state index is 13.6. The van der Waals surface area contributed by atoms with Gasteiger partial charge in [-0.1, -0.05) is 127 Å². The second kappa shape index (κ2) is 12.4. The molecule has 0 radical (unpaired) electrons. The number of halogens is 1. The van der Waals surface area contributed by atoms with E-state index in [0.29, 0.717) is 0 Å². The third-order valence-electron chi connectivity index (χ3n) is 9.29. The van der Waals surface area contributed by atoms with Crippen molar-refractivity contribution in [3.05, 3.63) is 188 Å². The SMILES string of the molecule is Fc1ccc(-c2ccc(N(c3ccccc3)c3ccc4ccc5ccc6nc(-c7ccccc7)c(-c7ccccc7)nc6c5c4c3)cc2)cc1. The van der Waals surface area contributed by atoms with Gasteiger partial charge >= 0.3 is 0 Å². The van der Waals surface area contributed by atoms with Crippen LogP contribution in [0.15, 0.2) is 182 Å². The van der Waals surface area contributed by atoms with Crippen molar-refractivity contribution in [1.82, 2.24) is 9.97 Å². The van der Waals surface area contributed by atoms with Crippen molar-refractivity contribution in [3.63, 3.8) is 0 Å². The van der Waals surface area contributed by atoms with Gasteiger partial charge in [0, 0.05) is 33.6 Å². The maximum Gasteiger partial charge on any atom is 0.123 e. The van der Waals surface area contributed by atoms with E-state index in [1.807, 2.05) is 54.6 Å². The second-order valence-electron chi connectivity index (χ2n) is 12.4. The maximum absolute atomic E-state index is 13.6. The van der Waals surface area contributed by atoms with Crippen LogP contribution >= 0.6 is 0 Å². The van der Waals surface area contributed by atoms with Gasteiger partial charge in [-0.15, -0.1) is 0 Å². The largest absolute Gasteiger partial charge is 0.310 e. The fourth-order valence-electron chi connectivity index (χ4n) is 6.85. The molecule has 236 valence electrons. The van der Waals surface area contributed by atoms with Gasteiger partial charge in [0.1, 0.15) is 5.82 Å². The molecular formula is C46H30FN3. The summed E-state index contributed by atoms with van der Waals surface area (Å²) >= 11 is 0. The Balaban J connectivity index is 1.26. The van der Waals surface area contributed by atoms with Crippen LogP contribution < -0.4 is 4.90 Å². The van der Waals surface area contributed by atoms with Crippen LogP contribution in [-0.2, 0) is 0 Å². The van der Waals surface area contributed by atoms with Crippen molar-refractivity contribution in [2.75, 3.05) is 4.90 Å². The fraction of sp³-hybridized carbons (Fsp3) is 0. The Labute approximate surface area is 289 Å². The van der Waals surface area contributed by atoms with Gasteiger partial charge in [-0.25, -0.2) is 14.4 Å². The molecule has 0 amide bonds. The number of benzene rings is 8. The van der Waals surface area contributed by atoms with Crippen molar-refractivity contribution in [2.45, 2.75) is 0 Å². The summed E-state index contributed by atoms with van der Waals surface area (Å²) in [4.78, 5) is 13.0. The molecule has 0 spiro atoms. The van der Waals surface area contributed by atoms with Crippen LogP contribution in [0.5, 0.6) is 0 Å². The minimum atomic E-state index is -0.240. The predicted octanol–water partition coefficient (Wildman–Crippen LogP) is 12.5. The lowest BCUT2D eigenvalue weighted by Gasteiger charge is -2.26. The van der Waals surface area contributed by atoms with E-state index in [2.05, 4.69) is 120 Å². The molecule has 3 nitrogen and oxygen atoms in total. The molecule has 4 heteroatoms. The monoisotopic (exact) mass is 643 g/mol. The lowest BCUT2D eigenvalue weighted by Crippen LogP contribution is -2.09. The average molecular weight is 644 g/mol. The molecule has 0 aliphatic carbocycles. The van der Waals surface area contributed by atoms with Crippen molar-refractivity contribution < 1.29 is 4.39 Å². The first-order valence-corrected chi connectivity index (χ1v) is 16.7. The Morgan fingerprint density at radius 1 is 0.400 bits per heavy atom. The van der Waals surface area contributed by atoms with E-state index >= 15 is 0 Å². The third kappa shape index (κ3) is 5.33. The highest BCUT2D eigenvalue weighted by atomic mass is 19.1. The summed E-state index contributed by atoms with van der Waals surface area (Å²) < 4.78 is 13.6. The molecule has 0 aliphatic heterocycles. The standard InChI is InChI=1S/C46H30FN3/c47-37-24-18-31(19-25-37)32-20-26-39(27-21-32)50(38-14-8-3-9-15-38)40-28-22-33-16-17-34-23-29-42-46(43(34)41(33)30-40)49-45(36-12-6-2-7-13-36)44(48-42)35-10-4-1-5-11-35/h1-30H. The predicted molar refractivity (Wildman–Crippen MR) is 205 cm³/mol. The van der Waals surface area contributed by atoms with E-state index in [0.717, 1.165) is 83.3 Å². The smallest absolute Gasteiger partial charge is 0.123 e. The van der Waals surface area contributed by atoms with Crippen LogP contribution in [0.2, 0.25) is 0 Å². The highest BCUT2D eigenvalue weighted by molar-refractivity contribution is 6.19. The molecule has 9 aromatic rings. The summed E-state index contributed by atoms with van der Waals surface area (Å²) in [5, 5.41) is 4.42. The zero-order chi connectivity index (χ0) is 33.4. The van der Waals surface area contributed by atoms with E-state index in [1.54, 1.807) is 0 Å². The highest BCUT2D eigenvalue weighted by Gasteiger charge is 2.18. The third-order valence-corrected chi connectivity index (χ3v) is 9.29. The van der Waals surface area contributed by atoms with E-state index in [4.69, 9.17) is 9.97 Å². The number of hydrogen-bond acceptors (Lipinski definition) is 3. The fourth-order valence-corrected chi connectivity index (χ4v) is 6.85. The van der Waals surface area contributed by atoms with Crippen molar-refractivity contribution in [1.29, 1.82) is 0 Å². The number of hydrogen-bond donors (Lipinski definition) is 0. The lowest BCUT2D eigenvalue weighted by atomic mass is 9.98. The van der Waals surface area contributed by atoms with Gasteiger partial charge in [0.05, 0.1) is 22.4 Å². The van der Waals surface area contributed by atoms with Crippen LogP contribution in [0.25, 0.3) is 66.2 Å². The molecule has 0 N–H and O–H groups in total. The number of para-hydroxylation sites is 1. The highest BCUT2D eigenvalue weighted by Crippen LogP contribution is 2.40. The molecule has 50 heavy (non-hydrogen) atoms. The van der Waals surface area contributed by atoms with Gasteiger partial charge < -0.3 is 4.90 Å².